The van der Waals surface area contributed by atoms with Crippen molar-refractivity contribution >= 4 is 12.0 Å². The number of urea groups is 1. The second kappa shape index (κ2) is 5.55. The molecule has 15 heavy (non-hydrogen) atoms. The van der Waals surface area contributed by atoms with Crippen molar-refractivity contribution in [1.29, 1.82) is 0 Å². The Kier molecular flexibility index (Phi) is 4.36. The molecule has 0 bridgehead atoms. The highest BCUT2D eigenvalue weighted by Crippen LogP contribution is 2.17. The van der Waals surface area contributed by atoms with Crippen molar-refractivity contribution in [3.8, 4) is 0 Å². The monoisotopic (exact) mass is 216 g/mol. The highest BCUT2D eigenvalue weighted by atomic mass is 16.4. The number of aliphatic carboxylic acids is 1. The SMILES string of the molecule is O=C(NC1CCC1)NC(CCO)C(=O)O. The average molecular weight is 216 g/mol. The molecule has 2 amide bonds. The number of carbonyl (C=O) groups excluding carboxylic acids is 1. The Morgan fingerprint density at radius 1 is 1.40 bits per heavy atom. The quantitative estimate of drug-likeness (QED) is 0.506. The van der Waals surface area contributed by atoms with Crippen LogP contribution in [0.15, 0.2) is 0 Å². The van der Waals surface area contributed by atoms with Crippen molar-refractivity contribution in [1.82, 2.24) is 10.6 Å². The van der Waals surface area contributed by atoms with Gasteiger partial charge in [-0.1, -0.05) is 0 Å². The summed E-state index contributed by atoms with van der Waals surface area (Å²) in [5.74, 6) is -1.13. The molecule has 0 heterocycles. The molecule has 86 valence electrons. The van der Waals surface area contributed by atoms with Gasteiger partial charge in [0.05, 0.1) is 0 Å². The molecule has 0 saturated heterocycles. The molecule has 1 aliphatic carbocycles. The van der Waals surface area contributed by atoms with E-state index in [1.54, 1.807) is 0 Å². The molecule has 0 aromatic carbocycles. The Labute approximate surface area is 87.7 Å². The minimum atomic E-state index is -1.13. The van der Waals surface area contributed by atoms with E-state index in [0.29, 0.717) is 0 Å². The maximum atomic E-state index is 11.3. The summed E-state index contributed by atoms with van der Waals surface area (Å²) >= 11 is 0. The van der Waals surface area contributed by atoms with Crippen LogP contribution < -0.4 is 10.6 Å². The van der Waals surface area contributed by atoms with Gasteiger partial charge in [-0.2, -0.15) is 0 Å². The van der Waals surface area contributed by atoms with Crippen LogP contribution in [0.4, 0.5) is 4.79 Å². The lowest BCUT2D eigenvalue weighted by Crippen LogP contribution is -2.50. The predicted octanol–water partition coefficient (Wildman–Crippen LogP) is -0.326. The van der Waals surface area contributed by atoms with Crippen LogP contribution >= 0.6 is 0 Å². The van der Waals surface area contributed by atoms with Crippen molar-refractivity contribution in [2.24, 2.45) is 0 Å². The summed E-state index contributed by atoms with van der Waals surface area (Å²) in [5.41, 5.74) is 0. The number of carboxylic acid groups (broad SMARTS) is 1. The zero-order valence-corrected chi connectivity index (χ0v) is 8.40. The average Bonchev–Trinajstić information content (AvgIpc) is 2.10. The molecule has 1 unspecified atom stereocenters. The van der Waals surface area contributed by atoms with Crippen LogP contribution in [0.5, 0.6) is 0 Å². The summed E-state index contributed by atoms with van der Waals surface area (Å²) in [4.78, 5) is 21.9. The number of aliphatic hydroxyl groups excluding tert-OH is 1. The predicted molar refractivity (Wildman–Crippen MR) is 52.4 cm³/mol. The molecule has 1 saturated carbocycles. The fourth-order valence-electron chi connectivity index (χ4n) is 1.32. The van der Waals surface area contributed by atoms with Gasteiger partial charge in [0.1, 0.15) is 6.04 Å². The number of rotatable bonds is 5. The summed E-state index contributed by atoms with van der Waals surface area (Å²) < 4.78 is 0. The van der Waals surface area contributed by atoms with E-state index in [-0.39, 0.29) is 19.1 Å². The normalized spacial score (nSPS) is 17.7. The Morgan fingerprint density at radius 3 is 2.47 bits per heavy atom. The van der Waals surface area contributed by atoms with E-state index in [4.69, 9.17) is 10.2 Å². The summed E-state index contributed by atoms with van der Waals surface area (Å²) in [6.07, 6.45) is 3.02. The van der Waals surface area contributed by atoms with E-state index in [1.165, 1.54) is 0 Å². The standard InChI is InChI=1S/C9H16N2O4/c12-5-4-7(8(13)14)11-9(15)10-6-2-1-3-6/h6-7,12H,1-5H2,(H,13,14)(H2,10,11,15). The van der Waals surface area contributed by atoms with Crippen LogP contribution in [0.25, 0.3) is 0 Å². The number of aliphatic hydroxyl groups is 1. The van der Waals surface area contributed by atoms with Crippen molar-refractivity contribution in [3.05, 3.63) is 0 Å². The number of nitrogens with one attached hydrogen (secondary N) is 2. The molecule has 6 nitrogen and oxygen atoms in total. The Bertz CT molecular complexity index is 240. The first-order valence-electron chi connectivity index (χ1n) is 5.04. The summed E-state index contributed by atoms with van der Waals surface area (Å²) in [7, 11) is 0. The molecular formula is C9H16N2O4. The van der Waals surface area contributed by atoms with Gasteiger partial charge in [-0.15, -0.1) is 0 Å². The number of amides is 2. The fraction of sp³-hybridized carbons (Fsp3) is 0.778. The van der Waals surface area contributed by atoms with Gasteiger partial charge in [0, 0.05) is 19.1 Å². The number of hydrogen-bond donors (Lipinski definition) is 4. The molecule has 0 aromatic rings. The molecule has 0 aromatic heterocycles. The van der Waals surface area contributed by atoms with E-state index in [1.807, 2.05) is 0 Å². The highest BCUT2D eigenvalue weighted by molar-refractivity contribution is 5.82. The first-order valence-corrected chi connectivity index (χ1v) is 5.04. The van der Waals surface area contributed by atoms with Gasteiger partial charge < -0.3 is 20.8 Å². The maximum Gasteiger partial charge on any atom is 0.326 e. The van der Waals surface area contributed by atoms with E-state index in [2.05, 4.69) is 10.6 Å². The lowest BCUT2D eigenvalue weighted by Gasteiger charge is -2.27. The Balaban J connectivity index is 2.28. The third-order valence-corrected chi connectivity index (χ3v) is 2.46. The minimum absolute atomic E-state index is 0.0213. The van der Waals surface area contributed by atoms with E-state index < -0.39 is 18.0 Å². The molecule has 1 atom stereocenters. The molecule has 0 radical (unpaired) electrons. The third-order valence-electron chi connectivity index (χ3n) is 2.46. The number of hydrogen-bond acceptors (Lipinski definition) is 3. The van der Waals surface area contributed by atoms with Gasteiger partial charge in [0.15, 0.2) is 0 Å². The molecule has 6 heteroatoms. The fourth-order valence-corrected chi connectivity index (χ4v) is 1.32. The van der Waals surface area contributed by atoms with Gasteiger partial charge in [-0.25, -0.2) is 9.59 Å². The Hall–Kier alpha value is -1.30. The van der Waals surface area contributed by atoms with Crippen LogP contribution in [0, 0.1) is 0 Å². The van der Waals surface area contributed by atoms with Gasteiger partial charge in [-0.05, 0) is 19.3 Å². The van der Waals surface area contributed by atoms with Crippen molar-refractivity contribution < 1.29 is 19.8 Å². The van der Waals surface area contributed by atoms with Crippen molar-refractivity contribution in [3.63, 3.8) is 0 Å². The van der Waals surface area contributed by atoms with Gasteiger partial charge >= 0.3 is 12.0 Å². The zero-order valence-electron chi connectivity index (χ0n) is 8.40. The highest BCUT2D eigenvalue weighted by Gasteiger charge is 2.23. The van der Waals surface area contributed by atoms with Crippen molar-refractivity contribution in [2.45, 2.75) is 37.8 Å². The van der Waals surface area contributed by atoms with Gasteiger partial charge in [-0.3, -0.25) is 0 Å². The molecule has 1 aliphatic rings. The Morgan fingerprint density at radius 2 is 2.07 bits per heavy atom. The first-order chi connectivity index (χ1) is 7.13. The van der Waals surface area contributed by atoms with Crippen LogP contribution in [0.2, 0.25) is 0 Å². The molecule has 0 spiro atoms. The van der Waals surface area contributed by atoms with Crippen LogP contribution in [0.1, 0.15) is 25.7 Å². The largest absolute Gasteiger partial charge is 0.480 e. The maximum absolute atomic E-state index is 11.3. The second-order valence-corrected chi connectivity index (χ2v) is 3.65. The molecule has 4 N–H and O–H groups in total. The minimum Gasteiger partial charge on any atom is -0.480 e. The van der Waals surface area contributed by atoms with Gasteiger partial charge in [0.2, 0.25) is 0 Å². The van der Waals surface area contributed by atoms with E-state index >= 15 is 0 Å². The van der Waals surface area contributed by atoms with Gasteiger partial charge in [0.25, 0.3) is 0 Å². The lowest BCUT2D eigenvalue weighted by molar-refractivity contribution is -0.139. The lowest BCUT2D eigenvalue weighted by atomic mass is 9.93. The molecule has 1 rings (SSSR count). The molecular weight excluding hydrogens is 200 g/mol. The van der Waals surface area contributed by atoms with Crippen LogP contribution in [-0.2, 0) is 4.79 Å². The first kappa shape index (κ1) is 11.8. The van der Waals surface area contributed by atoms with Crippen LogP contribution in [0.3, 0.4) is 0 Å². The smallest absolute Gasteiger partial charge is 0.326 e. The third kappa shape index (κ3) is 3.75. The zero-order chi connectivity index (χ0) is 11.3. The number of carboxylic acids is 1. The summed E-state index contributed by atoms with van der Waals surface area (Å²) in [5, 5.41) is 22.3. The molecule has 1 fully saturated rings. The van der Waals surface area contributed by atoms with E-state index in [9.17, 15) is 9.59 Å². The summed E-state index contributed by atoms with van der Waals surface area (Å²) in [6.45, 7) is -0.263. The summed E-state index contributed by atoms with van der Waals surface area (Å²) in [6, 6.07) is -1.32. The van der Waals surface area contributed by atoms with E-state index in [0.717, 1.165) is 19.3 Å². The molecule has 0 aliphatic heterocycles. The second-order valence-electron chi connectivity index (χ2n) is 3.65. The topological polar surface area (TPSA) is 98.7 Å². The van der Waals surface area contributed by atoms with Crippen molar-refractivity contribution in [2.75, 3.05) is 6.61 Å². The number of carbonyl (C=O) groups is 2. The van der Waals surface area contributed by atoms with Crippen LogP contribution in [-0.4, -0.2) is 40.9 Å².